The van der Waals surface area contributed by atoms with Crippen molar-refractivity contribution in [2.45, 2.75) is 64.5 Å². The Hall–Kier alpha value is -3.19. The van der Waals surface area contributed by atoms with E-state index in [1.807, 2.05) is 32.2 Å². The molecule has 35 heavy (non-hydrogen) atoms. The zero-order valence-electron chi connectivity index (χ0n) is 19.7. The summed E-state index contributed by atoms with van der Waals surface area (Å²) in [5.41, 5.74) is 2.18. The number of aromatic nitrogens is 3. The molecule has 1 fully saturated rings. The molecule has 3 aromatic rings. The molecule has 1 aliphatic rings. The Labute approximate surface area is 208 Å². The number of nitriles is 1. The molecule has 4 rings (SSSR count). The highest BCUT2D eigenvalue weighted by molar-refractivity contribution is 6.32. The van der Waals surface area contributed by atoms with Crippen LogP contribution < -0.4 is 5.32 Å². The standard InChI is InChI=1S/C25H28ClN5O4/c1-16(15-31-9-8-22(29-31)18-6-7-19(14-27)21(26)12-18)28-25(32)23-13-20(35-30-23)11-17(2)34-24-5-3-4-10-33-24/h6-9,12-13,16-17,24H,3-5,10-11,15H2,1-2H3,(H,28,32). The average Bonchev–Trinajstić information content (AvgIpc) is 3.49. The SMILES string of the molecule is CC(Cn1ccc(-c2ccc(C#N)c(Cl)c2)n1)NC(=O)c1cc(CC(C)OC2CCCCO2)on1. The van der Waals surface area contributed by atoms with Gasteiger partial charge >= 0.3 is 0 Å². The number of hydrogen-bond donors (Lipinski definition) is 1. The van der Waals surface area contributed by atoms with Crippen LogP contribution in [0.1, 0.15) is 54.9 Å². The maximum atomic E-state index is 12.6. The first-order valence-corrected chi connectivity index (χ1v) is 12.1. The molecule has 0 radical (unpaired) electrons. The summed E-state index contributed by atoms with van der Waals surface area (Å²) >= 11 is 6.13. The molecule has 0 bridgehead atoms. The number of hydrogen-bond acceptors (Lipinski definition) is 7. The van der Waals surface area contributed by atoms with Crippen LogP contribution in [0.15, 0.2) is 41.1 Å². The number of benzene rings is 1. The number of nitrogens with zero attached hydrogens (tertiary/aromatic N) is 4. The van der Waals surface area contributed by atoms with Gasteiger partial charge in [-0.3, -0.25) is 9.48 Å². The summed E-state index contributed by atoms with van der Waals surface area (Å²) < 4.78 is 18.6. The van der Waals surface area contributed by atoms with Crippen molar-refractivity contribution in [1.29, 1.82) is 5.26 Å². The Morgan fingerprint density at radius 2 is 2.20 bits per heavy atom. The van der Waals surface area contributed by atoms with Gasteiger partial charge in [0, 0.05) is 36.9 Å². The lowest BCUT2D eigenvalue weighted by Gasteiger charge is -2.25. The van der Waals surface area contributed by atoms with Crippen LogP contribution in [0.5, 0.6) is 0 Å². The predicted molar refractivity (Wildman–Crippen MR) is 129 cm³/mol. The van der Waals surface area contributed by atoms with Gasteiger partial charge in [-0.25, -0.2) is 0 Å². The highest BCUT2D eigenvalue weighted by Crippen LogP contribution is 2.24. The molecule has 0 spiro atoms. The van der Waals surface area contributed by atoms with E-state index in [0.29, 0.717) is 29.3 Å². The van der Waals surface area contributed by atoms with Crippen LogP contribution in [-0.4, -0.2) is 45.9 Å². The molecule has 3 atom stereocenters. The third kappa shape index (κ3) is 6.69. The summed E-state index contributed by atoms with van der Waals surface area (Å²) in [6.45, 7) is 5.03. The van der Waals surface area contributed by atoms with E-state index in [-0.39, 0.29) is 30.0 Å². The maximum Gasteiger partial charge on any atom is 0.273 e. The van der Waals surface area contributed by atoms with Crippen molar-refractivity contribution < 1.29 is 18.8 Å². The first-order valence-electron chi connectivity index (χ1n) is 11.7. The Bertz CT molecular complexity index is 1190. The number of nitrogens with one attached hydrogen (secondary N) is 1. The number of carbonyl (C=O) groups is 1. The van der Waals surface area contributed by atoms with E-state index in [2.05, 4.69) is 15.6 Å². The second-order valence-electron chi connectivity index (χ2n) is 8.73. The molecule has 2 aromatic heterocycles. The number of halogens is 1. The van der Waals surface area contributed by atoms with Gasteiger partial charge in [-0.1, -0.05) is 22.8 Å². The summed E-state index contributed by atoms with van der Waals surface area (Å²) in [7, 11) is 0. The molecule has 0 aliphatic carbocycles. The zero-order chi connectivity index (χ0) is 24.8. The first-order chi connectivity index (χ1) is 16.9. The van der Waals surface area contributed by atoms with Crippen molar-refractivity contribution in [3.8, 4) is 17.3 Å². The highest BCUT2D eigenvalue weighted by atomic mass is 35.5. The quantitative estimate of drug-likeness (QED) is 0.467. The minimum Gasteiger partial charge on any atom is -0.361 e. The maximum absolute atomic E-state index is 12.6. The third-order valence-electron chi connectivity index (χ3n) is 5.67. The fourth-order valence-electron chi connectivity index (χ4n) is 3.93. The van der Waals surface area contributed by atoms with Crippen LogP contribution in [0, 0.1) is 11.3 Å². The fourth-order valence-corrected chi connectivity index (χ4v) is 4.15. The number of carbonyl (C=O) groups excluding carboxylic acids is 1. The molecular weight excluding hydrogens is 470 g/mol. The normalized spacial score (nSPS) is 17.5. The topological polar surface area (TPSA) is 115 Å². The van der Waals surface area contributed by atoms with E-state index in [9.17, 15) is 4.79 Å². The van der Waals surface area contributed by atoms with Gasteiger partial charge in [-0.05, 0) is 51.3 Å². The van der Waals surface area contributed by atoms with Gasteiger partial charge in [0.05, 0.1) is 28.9 Å². The van der Waals surface area contributed by atoms with E-state index in [1.165, 1.54) is 0 Å². The molecule has 184 valence electrons. The molecule has 1 N–H and O–H groups in total. The molecule has 3 unspecified atom stereocenters. The van der Waals surface area contributed by atoms with Crippen molar-refractivity contribution in [1.82, 2.24) is 20.3 Å². The third-order valence-corrected chi connectivity index (χ3v) is 5.98. The van der Waals surface area contributed by atoms with Crippen LogP contribution in [0.2, 0.25) is 5.02 Å². The number of ether oxygens (including phenoxy) is 2. The molecule has 0 saturated carbocycles. The van der Waals surface area contributed by atoms with E-state index >= 15 is 0 Å². The molecule has 1 saturated heterocycles. The second-order valence-corrected chi connectivity index (χ2v) is 9.14. The van der Waals surface area contributed by atoms with Crippen molar-refractivity contribution in [2.24, 2.45) is 0 Å². The Balaban J connectivity index is 1.28. The van der Waals surface area contributed by atoms with E-state index in [1.54, 1.807) is 28.9 Å². The minimum absolute atomic E-state index is 0.110. The van der Waals surface area contributed by atoms with Gasteiger partial charge in [-0.15, -0.1) is 0 Å². The van der Waals surface area contributed by atoms with Gasteiger partial charge in [-0.2, -0.15) is 10.4 Å². The molecule has 3 heterocycles. The Kier molecular flexibility index (Phi) is 8.18. The van der Waals surface area contributed by atoms with Crippen LogP contribution in [0.4, 0.5) is 0 Å². The zero-order valence-corrected chi connectivity index (χ0v) is 20.5. The Morgan fingerprint density at radius 1 is 1.34 bits per heavy atom. The fraction of sp³-hybridized carbons (Fsp3) is 0.440. The molecule has 1 amide bonds. The second kappa shape index (κ2) is 11.5. The van der Waals surface area contributed by atoms with Gasteiger partial charge in [0.1, 0.15) is 11.8 Å². The Morgan fingerprint density at radius 3 is 2.94 bits per heavy atom. The minimum atomic E-state index is -0.317. The first kappa shape index (κ1) is 24.9. The van der Waals surface area contributed by atoms with E-state index in [0.717, 1.165) is 37.1 Å². The molecule has 1 aromatic carbocycles. The average molecular weight is 498 g/mol. The van der Waals surface area contributed by atoms with Crippen molar-refractivity contribution in [3.05, 3.63) is 58.6 Å². The molecule has 9 nitrogen and oxygen atoms in total. The van der Waals surface area contributed by atoms with Crippen molar-refractivity contribution in [2.75, 3.05) is 6.61 Å². The lowest BCUT2D eigenvalue weighted by atomic mass is 10.1. The van der Waals surface area contributed by atoms with Gasteiger partial charge in [0.2, 0.25) is 0 Å². The predicted octanol–water partition coefficient (Wildman–Crippen LogP) is 4.36. The van der Waals surface area contributed by atoms with Crippen LogP contribution in [-0.2, 0) is 22.4 Å². The van der Waals surface area contributed by atoms with Gasteiger partial charge in [0.25, 0.3) is 5.91 Å². The lowest BCUT2D eigenvalue weighted by Crippen LogP contribution is -2.36. The highest BCUT2D eigenvalue weighted by Gasteiger charge is 2.20. The van der Waals surface area contributed by atoms with Crippen molar-refractivity contribution >= 4 is 17.5 Å². The molecule has 10 heteroatoms. The van der Waals surface area contributed by atoms with E-state index < -0.39 is 0 Å². The monoisotopic (exact) mass is 497 g/mol. The number of rotatable bonds is 9. The van der Waals surface area contributed by atoms with Crippen LogP contribution in [0.3, 0.4) is 0 Å². The lowest BCUT2D eigenvalue weighted by molar-refractivity contribution is -0.184. The summed E-state index contributed by atoms with van der Waals surface area (Å²) in [4.78, 5) is 12.6. The number of amides is 1. The van der Waals surface area contributed by atoms with Crippen molar-refractivity contribution in [3.63, 3.8) is 0 Å². The summed E-state index contributed by atoms with van der Waals surface area (Å²) in [5, 5.41) is 20.8. The van der Waals surface area contributed by atoms with Crippen LogP contribution in [0.25, 0.3) is 11.3 Å². The van der Waals surface area contributed by atoms with Gasteiger partial charge < -0.3 is 19.3 Å². The van der Waals surface area contributed by atoms with Crippen LogP contribution >= 0.6 is 11.6 Å². The summed E-state index contributed by atoms with van der Waals surface area (Å²) in [6, 6.07) is 10.5. The summed E-state index contributed by atoms with van der Waals surface area (Å²) in [5.74, 6) is 0.270. The van der Waals surface area contributed by atoms with Gasteiger partial charge in [0.15, 0.2) is 12.0 Å². The smallest absolute Gasteiger partial charge is 0.273 e. The molecular formula is C25H28ClN5O4. The summed E-state index contributed by atoms with van der Waals surface area (Å²) in [6.07, 6.45) is 5.11. The molecule has 1 aliphatic heterocycles. The van der Waals surface area contributed by atoms with E-state index in [4.69, 9.17) is 30.9 Å². The largest absolute Gasteiger partial charge is 0.361 e.